The van der Waals surface area contributed by atoms with E-state index in [0.29, 0.717) is 18.7 Å². The molecule has 0 aromatic heterocycles. The van der Waals surface area contributed by atoms with Crippen molar-refractivity contribution >= 4 is 23.3 Å². The van der Waals surface area contributed by atoms with Gasteiger partial charge >= 0.3 is 0 Å². The summed E-state index contributed by atoms with van der Waals surface area (Å²) < 4.78 is 5.29. The minimum atomic E-state index is -0.230. The number of rotatable bonds is 1. The fourth-order valence-corrected chi connectivity index (χ4v) is 1.50. The topological polar surface area (TPSA) is 46.6 Å². The second-order valence-electron chi connectivity index (χ2n) is 3.09. The van der Waals surface area contributed by atoms with Crippen molar-refractivity contribution in [3.05, 3.63) is 10.8 Å². The second-order valence-corrected chi connectivity index (χ2v) is 3.47. The summed E-state index contributed by atoms with van der Waals surface area (Å²) >= 11 is 5.70. The Kier molecular flexibility index (Phi) is 1.80. The molecule has 0 N–H and O–H groups in total. The molecule has 13 heavy (non-hydrogen) atoms. The lowest BCUT2D eigenvalue weighted by Gasteiger charge is -2.30. The van der Waals surface area contributed by atoms with Crippen molar-refractivity contribution in [1.82, 2.24) is 4.90 Å². The van der Waals surface area contributed by atoms with Crippen LogP contribution in [0.4, 0.5) is 0 Å². The van der Waals surface area contributed by atoms with Crippen LogP contribution in [0.2, 0.25) is 0 Å². The largest absolute Gasteiger partial charge is 0.471 e. The first-order valence-corrected chi connectivity index (χ1v) is 4.33. The molecule has 0 aromatic rings. The number of ketones is 1. The van der Waals surface area contributed by atoms with Crippen molar-refractivity contribution in [2.24, 2.45) is 0 Å². The standard InChI is InChI=1S/C8H8ClNO3/c1-4(11)8(9)5-3-10-6(12)2-7(10)13-5/h7H,2-3H2,1H3. The van der Waals surface area contributed by atoms with Gasteiger partial charge in [0.2, 0.25) is 5.91 Å². The zero-order valence-electron chi connectivity index (χ0n) is 7.04. The molecule has 0 radical (unpaired) electrons. The van der Waals surface area contributed by atoms with Crippen molar-refractivity contribution in [1.29, 1.82) is 0 Å². The zero-order valence-corrected chi connectivity index (χ0v) is 7.80. The number of nitrogens with zero attached hydrogens (tertiary/aromatic N) is 1. The van der Waals surface area contributed by atoms with E-state index in [1.54, 1.807) is 4.90 Å². The van der Waals surface area contributed by atoms with Gasteiger partial charge in [-0.25, -0.2) is 0 Å². The average Bonchev–Trinajstić information content (AvgIpc) is 2.41. The maximum Gasteiger partial charge on any atom is 0.231 e. The number of carbonyl (C=O) groups excluding carboxylic acids is 2. The van der Waals surface area contributed by atoms with Crippen LogP contribution in [0.5, 0.6) is 0 Å². The molecular formula is C8H8ClNO3. The normalized spacial score (nSPS) is 29.2. The fourth-order valence-electron chi connectivity index (χ4n) is 1.39. The Morgan fingerprint density at radius 3 is 2.85 bits per heavy atom. The number of fused-ring (bicyclic) bond motifs is 1. The van der Waals surface area contributed by atoms with Crippen molar-refractivity contribution < 1.29 is 14.3 Å². The molecule has 0 saturated carbocycles. The molecule has 0 aromatic carbocycles. The zero-order chi connectivity index (χ0) is 9.59. The number of hydrogen-bond donors (Lipinski definition) is 0. The van der Waals surface area contributed by atoms with E-state index >= 15 is 0 Å². The van der Waals surface area contributed by atoms with E-state index in [-0.39, 0.29) is 23.0 Å². The number of β-lactam (4-membered cyclic amide) rings is 1. The summed E-state index contributed by atoms with van der Waals surface area (Å²) in [5.41, 5.74) is 0. The molecule has 0 aliphatic carbocycles. The van der Waals surface area contributed by atoms with Crippen LogP contribution in [0.15, 0.2) is 10.8 Å². The summed E-state index contributed by atoms with van der Waals surface area (Å²) in [6.07, 6.45) is 0.210. The van der Waals surface area contributed by atoms with Crippen LogP contribution < -0.4 is 0 Å². The third-order valence-electron chi connectivity index (χ3n) is 2.16. The van der Waals surface area contributed by atoms with Crippen LogP contribution in [0.25, 0.3) is 0 Å². The Balaban J connectivity index is 2.18. The van der Waals surface area contributed by atoms with E-state index < -0.39 is 0 Å². The number of halogens is 1. The molecule has 2 aliphatic rings. The lowest BCUT2D eigenvalue weighted by atomic mass is 10.2. The minimum Gasteiger partial charge on any atom is -0.471 e. The molecule has 1 amide bonds. The monoisotopic (exact) mass is 201 g/mol. The van der Waals surface area contributed by atoms with Crippen molar-refractivity contribution in [2.45, 2.75) is 19.6 Å². The van der Waals surface area contributed by atoms with E-state index in [1.165, 1.54) is 6.92 Å². The van der Waals surface area contributed by atoms with Gasteiger partial charge in [-0.15, -0.1) is 0 Å². The van der Waals surface area contributed by atoms with Crippen molar-refractivity contribution in [2.75, 3.05) is 6.54 Å². The molecule has 70 valence electrons. The maximum absolute atomic E-state index is 10.9. The SMILES string of the molecule is CC(=O)C(Cl)=C1CN2C(=O)CC2O1. The number of Topliss-reactive ketones (excluding diaryl/α,β-unsaturated/α-hetero) is 1. The first-order chi connectivity index (χ1) is 6.09. The first kappa shape index (κ1) is 8.56. The van der Waals surface area contributed by atoms with Gasteiger partial charge in [-0.3, -0.25) is 14.5 Å². The summed E-state index contributed by atoms with van der Waals surface area (Å²) in [5.74, 6) is 0.240. The lowest BCUT2D eigenvalue weighted by molar-refractivity contribution is -0.154. The third kappa shape index (κ3) is 1.21. The molecule has 0 bridgehead atoms. The molecule has 4 nitrogen and oxygen atoms in total. The molecular weight excluding hydrogens is 194 g/mol. The van der Waals surface area contributed by atoms with Crippen LogP contribution in [0, 0.1) is 0 Å². The second kappa shape index (κ2) is 2.73. The summed E-state index contributed by atoms with van der Waals surface area (Å²) in [6, 6.07) is 0. The van der Waals surface area contributed by atoms with Crippen molar-refractivity contribution in [3.8, 4) is 0 Å². The van der Waals surface area contributed by atoms with E-state index in [1.807, 2.05) is 0 Å². The quantitative estimate of drug-likeness (QED) is 0.462. The highest BCUT2D eigenvalue weighted by Gasteiger charge is 2.44. The highest BCUT2D eigenvalue weighted by molar-refractivity contribution is 6.42. The smallest absolute Gasteiger partial charge is 0.231 e. The average molecular weight is 202 g/mol. The molecule has 1 unspecified atom stereocenters. The van der Waals surface area contributed by atoms with E-state index in [0.717, 1.165) is 0 Å². The Morgan fingerprint density at radius 2 is 2.38 bits per heavy atom. The minimum absolute atomic E-state index is 0.0491. The van der Waals surface area contributed by atoms with Gasteiger partial charge in [-0.05, 0) is 0 Å². The molecule has 2 rings (SSSR count). The highest BCUT2D eigenvalue weighted by Crippen LogP contribution is 2.32. The Morgan fingerprint density at radius 1 is 1.69 bits per heavy atom. The maximum atomic E-state index is 10.9. The predicted octanol–water partition coefficient (Wildman–Crippen LogP) is 0.614. The molecule has 2 fully saturated rings. The Hall–Kier alpha value is -1.03. The van der Waals surface area contributed by atoms with Crippen LogP contribution in [0.1, 0.15) is 13.3 Å². The van der Waals surface area contributed by atoms with Crippen molar-refractivity contribution in [3.63, 3.8) is 0 Å². The van der Waals surface area contributed by atoms with Gasteiger partial charge in [0.25, 0.3) is 0 Å². The number of ether oxygens (including phenoxy) is 1. The third-order valence-corrected chi connectivity index (χ3v) is 2.64. The fraction of sp³-hybridized carbons (Fsp3) is 0.500. The van der Waals surface area contributed by atoms with Crippen LogP contribution in [-0.4, -0.2) is 29.4 Å². The van der Waals surface area contributed by atoms with Crippen LogP contribution in [0.3, 0.4) is 0 Å². The van der Waals surface area contributed by atoms with Gasteiger partial charge < -0.3 is 4.74 Å². The van der Waals surface area contributed by atoms with Gasteiger partial charge in [0.05, 0.1) is 13.0 Å². The molecule has 2 saturated heterocycles. The Labute approximate surface area is 80.1 Å². The van der Waals surface area contributed by atoms with E-state index in [4.69, 9.17) is 16.3 Å². The summed E-state index contributed by atoms with van der Waals surface area (Å²) in [4.78, 5) is 23.4. The van der Waals surface area contributed by atoms with Gasteiger partial charge in [0.15, 0.2) is 12.0 Å². The number of allylic oxidation sites excluding steroid dienone is 1. The van der Waals surface area contributed by atoms with Gasteiger partial charge in [0.1, 0.15) is 10.8 Å². The van der Waals surface area contributed by atoms with Crippen LogP contribution >= 0.6 is 11.6 Å². The summed E-state index contributed by atoms with van der Waals surface area (Å²) in [7, 11) is 0. The summed E-state index contributed by atoms with van der Waals surface area (Å²) in [6.45, 7) is 1.71. The summed E-state index contributed by atoms with van der Waals surface area (Å²) in [5, 5.41) is 0.0993. The van der Waals surface area contributed by atoms with Gasteiger partial charge in [-0.1, -0.05) is 11.6 Å². The molecule has 0 spiro atoms. The van der Waals surface area contributed by atoms with E-state index in [2.05, 4.69) is 0 Å². The molecule has 1 atom stereocenters. The first-order valence-electron chi connectivity index (χ1n) is 3.95. The lowest BCUT2D eigenvalue weighted by Crippen LogP contribution is -2.48. The van der Waals surface area contributed by atoms with Gasteiger partial charge in [0, 0.05) is 6.92 Å². The number of carbonyl (C=O) groups is 2. The van der Waals surface area contributed by atoms with E-state index in [9.17, 15) is 9.59 Å². The van der Waals surface area contributed by atoms with Gasteiger partial charge in [-0.2, -0.15) is 0 Å². The molecule has 2 heterocycles. The number of hydrogen-bond acceptors (Lipinski definition) is 3. The molecule has 2 aliphatic heterocycles. The highest BCUT2D eigenvalue weighted by atomic mass is 35.5. The van der Waals surface area contributed by atoms with Crippen LogP contribution in [-0.2, 0) is 14.3 Å². The molecule has 5 heteroatoms. The predicted molar refractivity (Wildman–Crippen MR) is 44.8 cm³/mol. The number of amides is 1. The Bertz CT molecular complexity index is 323.